The first-order valence-corrected chi connectivity index (χ1v) is 7.64. The molecule has 0 aliphatic carbocycles. The van der Waals surface area contributed by atoms with Gasteiger partial charge in [-0.3, -0.25) is 4.79 Å². The lowest BCUT2D eigenvalue weighted by Crippen LogP contribution is -2.29. The molecule has 0 saturated carbocycles. The van der Waals surface area contributed by atoms with Crippen LogP contribution in [0, 0.1) is 0 Å². The van der Waals surface area contributed by atoms with E-state index in [1.807, 2.05) is 18.2 Å². The van der Waals surface area contributed by atoms with Crippen LogP contribution in [0.1, 0.15) is 11.1 Å². The molecular weight excluding hydrogens is 333 g/mol. The van der Waals surface area contributed by atoms with Crippen molar-refractivity contribution in [1.29, 1.82) is 0 Å². The summed E-state index contributed by atoms with van der Waals surface area (Å²) in [6.45, 7) is 0.365. The van der Waals surface area contributed by atoms with Crippen molar-refractivity contribution in [2.24, 2.45) is 0 Å². The lowest BCUT2D eigenvalue weighted by atomic mass is 10.1. The second-order valence-electron chi connectivity index (χ2n) is 5.53. The van der Waals surface area contributed by atoms with E-state index < -0.39 is 11.7 Å². The minimum Gasteiger partial charge on any atom is -0.354 e. The summed E-state index contributed by atoms with van der Waals surface area (Å²) in [4.78, 5) is 12.0. The van der Waals surface area contributed by atoms with Gasteiger partial charge in [-0.1, -0.05) is 29.5 Å². The number of fused-ring (bicyclic) bond motifs is 1. The highest BCUT2D eigenvalue weighted by Gasteiger charge is 2.29. The molecule has 25 heavy (non-hydrogen) atoms. The number of hydrogen-bond donors (Lipinski definition) is 1. The van der Waals surface area contributed by atoms with E-state index in [1.54, 1.807) is 6.07 Å². The number of nitrogens with one attached hydrogen (secondary N) is 1. The number of nitrogens with zero attached hydrogens (tertiary/aromatic N) is 3. The molecule has 0 atom stereocenters. The zero-order valence-corrected chi connectivity index (χ0v) is 13.1. The van der Waals surface area contributed by atoms with Crippen molar-refractivity contribution >= 4 is 16.9 Å². The second kappa shape index (κ2) is 6.92. The van der Waals surface area contributed by atoms with Gasteiger partial charge in [0.05, 0.1) is 11.1 Å². The minimum atomic E-state index is -4.34. The van der Waals surface area contributed by atoms with Crippen LogP contribution < -0.4 is 5.32 Å². The lowest BCUT2D eigenvalue weighted by molar-refractivity contribution is -0.137. The number of alkyl halides is 3. The fourth-order valence-corrected chi connectivity index (χ4v) is 2.43. The number of hydrogen-bond acceptors (Lipinski definition) is 3. The third-order valence-electron chi connectivity index (χ3n) is 3.73. The molecule has 3 rings (SSSR count). The van der Waals surface area contributed by atoms with Crippen LogP contribution in [0.3, 0.4) is 0 Å². The first-order chi connectivity index (χ1) is 11.9. The van der Waals surface area contributed by atoms with Crippen molar-refractivity contribution in [2.75, 3.05) is 6.54 Å². The Labute approximate surface area is 141 Å². The van der Waals surface area contributed by atoms with Crippen LogP contribution in [0.5, 0.6) is 0 Å². The molecule has 0 aliphatic rings. The van der Waals surface area contributed by atoms with Crippen LogP contribution in [0.25, 0.3) is 11.0 Å². The molecule has 0 aliphatic heterocycles. The molecule has 130 valence electrons. The predicted molar refractivity (Wildman–Crippen MR) is 85.7 cm³/mol. The molecule has 1 N–H and O–H groups in total. The van der Waals surface area contributed by atoms with E-state index in [0.717, 1.165) is 23.2 Å². The fourth-order valence-electron chi connectivity index (χ4n) is 2.43. The molecule has 3 aromatic rings. The van der Waals surface area contributed by atoms with Gasteiger partial charge in [0, 0.05) is 6.54 Å². The third kappa shape index (κ3) is 4.14. The zero-order valence-electron chi connectivity index (χ0n) is 13.1. The van der Waals surface area contributed by atoms with Gasteiger partial charge in [-0.2, -0.15) is 13.2 Å². The summed E-state index contributed by atoms with van der Waals surface area (Å²) in [5.74, 6) is -0.234. The van der Waals surface area contributed by atoms with Crippen molar-refractivity contribution in [2.45, 2.75) is 19.1 Å². The molecule has 2 aromatic carbocycles. The molecule has 0 radical (unpaired) electrons. The summed E-state index contributed by atoms with van der Waals surface area (Å²) in [6, 6.07) is 12.2. The van der Waals surface area contributed by atoms with Gasteiger partial charge in [0.2, 0.25) is 5.91 Å². The SMILES string of the molecule is O=C(Cn1nnc2ccccc21)NCCc1ccc(C(F)(F)F)cc1. The van der Waals surface area contributed by atoms with Crippen LogP contribution in [0.15, 0.2) is 48.5 Å². The van der Waals surface area contributed by atoms with Gasteiger partial charge in [-0.15, -0.1) is 5.10 Å². The molecule has 5 nitrogen and oxygen atoms in total. The maximum atomic E-state index is 12.5. The first-order valence-electron chi connectivity index (χ1n) is 7.64. The van der Waals surface area contributed by atoms with Crippen molar-refractivity contribution < 1.29 is 18.0 Å². The maximum absolute atomic E-state index is 12.5. The number of halogens is 3. The Bertz CT molecular complexity index is 871. The van der Waals surface area contributed by atoms with E-state index in [9.17, 15) is 18.0 Å². The molecule has 0 unspecified atom stereocenters. The number of aromatic nitrogens is 3. The number of para-hydroxylation sites is 1. The molecule has 1 heterocycles. The zero-order chi connectivity index (χ0) is 17.9. The first kappa shape index (κ1) is 16.9. The standard InChI is InChI=1S/C17H15F3N4O/c18-17(19,20)13-7-5-12(6-8-13)9-10-21-16(25)11-24-15-4-2-1-3-14(15)22-23-24/h1-8H,9-11H2,(H,21,25). The van der Waals surface area contributed by atoms with Crippen molar-refractivity contribution in [3.8, 4) is 0 Å². The Morgan fingerprint density at radius 2 is 1.80 bits per heavy atom. The van der Waals surface area contributed by atoms with Crippen LogP contribution in [0.2, 0.25) is 0 Å². The highest BCUT2D eigenvalue weighted by molar-refractivity contribution is 5.79. The van der Waals surface area contributed by atoms with Gasteiger partial charge in [0.15, 0.2) is 0 Å². The molecule has 8 heteroatoms. The van der Waals surface area contributed by atoms with Gasteiger partial charge in [-0.25, -0.2) is 4.68 Å². The minimum absolute atomic E-state index is 0.0352. The topological polar surface area (TPSA) is 59.8 Å². The monoisotopic (exact) mass is 348 g/mol. The van der Waals surface area contributed by atoms with E-state index in [0.29, 0.717) is 18.5 Å². The summed E-state index contributed by atoms with van der Waals surface area (Å²) in [5.41, 5.74) is 1.51. The number of benzene rings is 2. The van der Waals surface area contributed by atoms with Crippen molar-refractivity contribution in [3.63, 3.8) is 0 Å². The normalized spacial score (nSPS) is 11.6. The third-order valence-corrected chi connectivity index (χ3v) is 3.73. The van der Waals surface area contributed by atoms with Crippen LogP contribution >= 0.6 is 0 Å². The Hall–Kier alpha value is -2.90. The molecule has 0 spiro atoms. The number of carbonyl (C=O) groups excluding carboxylic acids is 1. The molecule has 0 fully saturated rings. The predicted octanol–water partition coefficient (Wildman–Crippen LogP) is 2.81. The summed E-state index contributed by atoms with van der Waals surface area (Å²) in [6.07, 6.45) is -3.89. The summed E-state index contributed by atoms with van der Waals surface area (Å²) in [5, 5.41) is 10.6. The largest absolute Gasteiger partial charge is 0.416 e. The Morgan fingerprint density at radius 3 is 2.52 bits per heavy atom. The highest BCUT2D eigenvalue weighted by atomic mass is 19.4. The molecule has 1 aromatic heterocycles. The summed E-state index contributed by atoms with van der Waals surface area (Å²) < 4.78 is 39.0. The average Bonchev–Trinajstić information content (AvgIpc) is 2.98. The van der Waals surface area contributed by atoms with Gasteiger partial charge >= 0.3 is 6.18 Å². The maximum Gasteiger partial charge on any atom is 0.416 e. The van der Waals surface area contributed by atoms with Crippen LogP contribution in [0.4, 0.5) is 13.2 Å². The van der Waals surface area contributed by atoms with E-state index in [2.05, 4.69) is 15.6 Å². The van der Waals surface area contributed by atoms with E-state index >= 15 is 0 Å². The van der Waals surface area contributed by atoms with E-state index in [1.165, 1.54) is 16.8 Å². The molecule has 0 bridgehead atoms. The van der Waals surface area contributed by atoms with Crippen molar-refractivity contribution in [1.82, 2.24) is 20.3 Å². The average molecular weight is 348 g/mol. The fraction of sp³-hybridized carbons (Fsp3) is 0.235. The Morgan fingerprint density at radius 1 is 1.08 bits per heavy atom. The smallest absolute Gasteiger partial charge is 0.354 e. The number of rotatable bonds is 5. The second-order valence-corrected chi connectivity index (χ2v) is 5.53. The van der Waals surface area contributed by atoms with Gasteiger partial charge in [-0.05, 0) is 36.2 Å². The summed E-state index contributed by atoms with van der Waals surface area (Å²) in [7, 11) is 0. The van der Waals surface area contributed by atoms with Gasteiger partial charge in [0.25, 0.3) is 0 Å². The summed E-state index contributed by atoms with van der Waals surface area (Å²) >= 11 is 0. The molecular formula is C17H15F3N4O. The number of amides is 1. The molecule has 1 amide bonds. The van der Waals surface area contributed by atoms with E-state index in [4.69, 9.17) is 0 Å². The lowest BCUT2D eigenvalue weighted by Gasteiger charge is -2.08. The van der Waals surface area contributed by atoms with Crippen LogP contribution in [-0.4, -0.2) is 27.4 Å². The highest BCUT2D eigenvalue weighted by Crippen LogP contribution is 2.29. The Kier molecular flexibility index (Phi) is 4.69. The Balaban J connectivity index is 1.51. The number of carbonyl (C=O) groups is 1. The van der Waals surface area contributed by atoms with Crippen molar-refractivity contribution in [3.05, 3.63) is 59.7 Å². The van der Waals surface area contributed by atoms with Gasteiger partial charge < -0.3 is 5.32 Å². The molecule has 0 saturated heterocycles. The quantitative estimate of drug-likeness (QED) is 0.771. The van der Waals surface area contributed by atoms with Gasteiger partial charge in [0.1, 0.15) is 12.1 Å². The van der Waals surface area contributed by atoms with Crippen LogP contribution in [-0.2, 0) is 23.9 Å². The van der Waals surface area contributed by atoms with E-state index in [-0.39, 0.29) is 12.5 Å².